The molecule has 2 rings (SSSR count). The van der Waals surface area contributed by atoms with E-state index in [9.17, 15) is 0 Å². The Balaban J connectivity index is 1.92. The van der Waals surface area contributed by atoms with E-state index in [1.807, 2.05) is 11.8 Å². The molecule has 1 heterocycles. The molecule has 23 heavy (non-hydrogen) atoms. The highest BCUT2D eigenvalue weighted by Gasteiger charge is 2.15. The van der Waals surface area contributed by atoms with E-state index in [4.69, 9.17) is 12.2 Å². The summed E-state index contributed by atoms with van der Waals surface area (Å²) in [6.07, 6.45) is 7.27. The van der Waals surface area contributed by atoms with Gasteiger partial charge in [0.15, 0.2) is 5.11 Å². The largest absolute Gasteiger partial charge is 0.371 e. The zero-order valence-electron chi connectivity index (χ0n) is 14.4. The molecule has 1 aliphatic rings. The fourth-order valence-electron chi connectivity index (χ4n) is 2.96. The number of nitrogens with one attached hydrogen (secondary N) is 1. The van der Waals surface area contributed by atoms with Gasteiger partial charge in [0.2, 0.25) is 0 Å². The van der Waals surface area contributed by atoms with E-state index in [1.54, 1.807) is 0 Å². The molecule has 0 spiro atoms. The Bertz CT molecular complexity index is 487. The zero-order chi connectivity index (χ0) is 16.5. The quantitative estimate of drug-likeness (QED) is 0.594. The Morgan fingerprint density at radius 2 is 2.00 bits per heavy atom. The van der Waals surface area contributed by atoms with Gasteiger partial charge in [0.1, 0.15) is 0 Å². The Labute approximate surface area is 150 Å². The molecule has 3 nitrogen and oxygen atoms in total. The molecule has 1 N–H and O–H groups in total. The number of benzene rings is 1. The van der Waals surface area contributed by atoms with Crippen LogP contribution in [0.1, 0.15) is 31.2 Å². The van der Waals surface area contributed by atoms with E-state index in [-0.39, 0.29) is 0 Å². The number of nitrogens with zero attached hydrogens (tertiary/aromatic N) is 2. The molecule has 128 valence electrons. The summed E-state index contributed by atoms with van der Waals surface area (Å²) in [5, 5.41) is 4.21. The van der Waals surface area contributed by atoms with Crippen LogP contribution in [0.2, 0.25) is 0 Å². The van der Waals surface area contributed by atoms with Crippen molar-refractivity contribution in [3.05, 3.63) is 29.8 Å². The molecule has 1 fully saturated rings. The Morgan fingerprint density at radius 3 is 2.74 bits per heavy atom. The second kappa shape index (κ2) is 10.0. The zero-order valence-corrected chi connectivity index (χ0v) is 16.0. The molecule has 0 unspecified atom stereocenters. The molecule has 5 heteroatoms. The summed E-state index contributed by atoms with van der Waals surface area (Å²) >= 11 is 7.40. The lowest BCUT2D eigenvalue weighted by molar-refractivity contribution is 0.486. The number of piperidine rings is 1. The normalized spacial score (nSPS) is 14.6. The number of rotatable bonds is 7. The molecular formula is C18H29N3S2. The van der Waals surface area contributed by atoms with E-state index in [0.717, 1.165) is 24.6 Å². The monoisotopic (exact) mass is 351 g/mol. The van der Waals surface area contributed by atoms with Gasteiger partial charge in [0, 0.05) is 38.9 Å². The van der Waals surface area contributed by atoms with Crippen molar-refractivity contribution in [2.75, 3.05) is 43.6 Å². The smallest absolute Gasteiger partial charge is 0.168 e. The van der Waals surface area contributed by atoms with Gasteiger partial charge in [-0.2, -0.15) is 11.8 Å². The second-order valence-electron chi connectivity index (χ2n) is 6.11. The molecule has 0 bridgehead atoms. The van der Waals surface area contributed by atoms with E-state index in [1.165, 1.54) is 49.4 Å². The van der Waals surface area contributed by atoms with Crippen molar-refractivity contribution in [1.82, 2.24) is 10.2 Å². The average Bonchev–Trinajstić information content (AvgIpc) is 2.59. The number of thioether (sulfide) groups is 1. The van der Waals surface area contributed by atoms with Gasteiger partial charge in [-0.05, 0) is 61.5 Å². The van der Waals surface area contributed by atoms with Crippen LogP contribution in [-0.4, -0.2) is 48.7 Å². The molecule has 0 atom stereocenters. The fourth-order valence-corrected chi connectivity index (χ4v) is 3.56. The molecule has 0 saturated carbocycles. The molecule has 0 amide bonds. The minimum Gasteiger partial charge on any atom is -0.371 e. The van der Waals surface area contributed by atoms with Crippen molar-refractivity contribution in [2.24, 2.45) is 0 Å². The SMILES string of the molecule is CSCCCNC(=S)N(C)Cc1ccccc1N1CCCCC1. The van der Waals surface area contributed by atoms with Crippen LogP contribution in [-0.2, 0) is 6.54 Å². The standard InChI is InChI=1S/C18H29N3S2/c1-20(18(22)19-11-8-14-23-2)15-16-9-4-5-10-17(16)21-12-6-3-7-13-21/h4-5,9-10H,3,6-8,11-15H2,1-2H3,(H,19,22). The Hall–Kier alpha value is -0.940. The third-order valence-corrected chi connectivity index (χ3v) is 5.40. The molecular weight excluding hydrogens is 322 g/mol. The lowest BCUT2D eigenvalue weighted by atomic mass is 10.1. The summed E-state index contributed by atoms with van der Waals surface area (Å²) in [5.41, 5.74) is 2.74. The molecule has 1 aromatic rings. The van der Waals surface area contributed by atoms with Crippen LogP contribution in [0.4, 0.5) is 5.69 Å². The van der Waals surface area contributed by atoms with Gasteiger partial charge in [-0.3, -0.25) is 0 Å². The van der Waals surface area contributed by atoms with E-state index >= 15 is 0 Å². The molecule has 1 aliphatic heterocycles. The van der Waals surface area contributed by atoms with Crippen molar-refractivity contribution in [3.63, 3.8) is 0 Å². The molecule has 1 saturated heterocycles. The number of anilines is 1. The van der Waals surface area contributed by atoms with Crippen molar-refractivity contribution in [3.8, 4) is 0 Å². The number of para-hydroxylation sites is 1. The third kappa shape index (κ3) is 5.88. The van der Waals surface area contributed by atoms with E-state index in [0.29, 0.717) is 0 Å². The lowest BCUT2D eigenvalue weighted by Crippen LogP contribution is -2.38. The Morgan fingerprint density at radius 1 is 1.26 bits per heavy atom. The first-order chi connectivity index (χ1) is 11.2. The summed E-state index contributed by atoms with van der Waals surface area (Å²) in [4.78, 5) is 4.68. The highest BCUT2D eigenvalue weighted by Crippen LogP contribution is 2.25. The van der Waals surface area contributed by atoms with Crippen molar-refractivity contribution < 1.29 is 0 Å². The van der Waals surface area contributed by atoms with Gasteiger partial charge in [-0.15, -0.1) is 0 Å². The third-order valence-electron chi connectivity index (χ3n) is 4.24. The van der Waals surface area contributed by atoms with Crippen LogP contribution in [0.5, 0.6) is 0 Å². The number of hydrogen-bond acceptors (Lipinski definition) is 3. The van der Waals surface area contributed by atoms with Gasteiger partial charge in [0.05, 0.1) is 0 Å². The van der Waals surface area contributed by atoms with Crippen LogP contribution in [0.15, 0.2) is 24.3 Å². The van der Waals surface area contributed by atoms with Crippen molar-refractivity contribution in [2.45, 2.75) is 32.2 Å². The fraction of sp³-hybridized carbons (Fsp3) is 0.611. The topological polar surface area (TPSA) is 18.5 Å². The van der Waals surface area contributed by atoms with Crippen molar-refractivity contribution >= 4 is 34.8 Å². The van der Waals surface area contributed by atoms with Gasteiger partial charge in [-0.1, -0.05) is 18.2 Å². The van der Waals surface area contributed by atoms with E-state index < -0.39 is 0 Å². The minimum absolute atomic E-state index is 0.847. The average molecular weight is 352 g/mol. The maximum atomic E-state index is 5.52. The number of thiocarbonyl (C=S) groups is 1. The summed E-state index contributed by atoms with van der Waals surface area (Å²) in [6.45, 7) is 4.18. The lowest BCUT2D eigenvalue weighted by Gasteiger charge is -2.32. The van der Waals surface area contributed by atoms with Crippen LogP contribution in [0, 0.1) is 0 Å². The van der Waals surface area contributed by atoms with Crippen LogP contribution >= 0.6 is 24.0 Å². The van der Waals surface area contributed by atoms with Crippen LogP contribution in [0.3, 0.4) is 0 Å². The minimum atomic E-state index is 0.847. The second-order valence-corrected chi connectivity index (χ2v) is 7.48. The van der Waals surface area contributed by atoms with Crippen LogP contribution < -0.4 is 10.2 Å². The Kier molecular flexibility index (Phi) is 8.03. The molecule has 1 aromatic carbocycles. The maximum Gasteiger partial charge on any atom is 0.168 e. The molecule has 0 radical (unpaired) electrons. The highest BCUT2D eigenvalue weighted by molar-refractivity contribution is 7.98. The number of hydrogen-bond donors (Lipinski definition) is 1. The summed E-state index contributed by atoms with van der Waals surface area (Å²) in [7, 11) is 2.08. The summed E-state index contributed by atoms with van der Waals surface area (Å²) in [6, 6.07) is 8.76. The maximum absolute atomic E-state index is 5.52. The van der Waals surface area contributed by atoms with Gasteiger partial charge in [-0.25, -0.2) is 0 Å². The summed E-state index contributed by atoms with van der Waals surface area (Å²) in [5.74, 6) is 1.18. The molecule has 0 aliphatic carbocycles. The molecule has 0 aromatic heterocycles. The van der Waals surface area contributed by atoms with Crippen LogP contribution in [0.25, 0.3) is 0 Å². The predicted molar refractivity (Wildman–Crippen MR) is 108 cm³/mol. The predicted octanol–water partition coefficient (Wildman–Crippen LogP) is 3.74. The first-order valence-corrected chi connectivity index (χ1v) is 10.3. The van der Waals surface area contributed by atoms with E-state index in [2.05, 4.69) is 52.7 Å². The first kappa shape index (κ1) is 18.4. The first-order valence-electron chi connectivity index (χ1n) is 8.53. The van der Waals surface area contributed by atoms with Gasteiger partial charge in [0.25, 0.3) is 0 Å². The van der Waals surface area contributed by atoms with Gasteiger partial charge >= 0.3 is 0 Å². The summed E-state index contributed by atoms with van der Waals surface area (Å²) < 4.78 is 0. The van der Waals surface area contributed by atoms with Crippen molar-refractivity contribution in [1.29, 1.82) is 0 Å². The highest BCUT2D eigenvalue weighted by atomic mass is 32.2. The van der Waals surface area contributed by atoms with Gasteiger partial charge < -0.3 is 15.1 Å².